The maximum absolute atomic E-state index is 11.1. The molecule has 0 aromatic carbocycles. The van der Waals surface area contributed by atoms with Crippen LogP contribution >= 0.6 is 0 Å². The molecular formula is C11H16O2. The second-order valence-corrected chi connectivity index (χ2v) is 3.38. The molecule has 0 saturated heterocycles. The molecule has 1 aliphatic rings. The molecule has 72 valence electrons. The number of carbonyl (C=O) groups excluding carboxylic acids is 1. The third-order valence-corrected chi connectivity index (χ3v) is 2.18. The van der Waals surface area contributed by atoms with Gasteiger partial charge in [0.2, 0.25) is 0 Å². The van der Waals surface area contributed by atoms with E-state index in [1.54, 1.807) is 12.2 Å². The molecule has 0 heterocycles. The number of aliphatic hydroxyl groups excluding tert-OH is 1. The van der Waals surface area contributed by atoms with Crippen LogP contribution < -0.4 is 0 Å². The van der Waals surface area contributed by atoms with Crippen molar-refractivity contribution in [2.24, 2.45) is 0 Å². The average Bonchev–Trinajstić information content (AvgIpc) is 2.12. The maximum atomic E-state index is 11.1. The lowest BCUT2D eigenvalue weighted by molar-refractivity contribution is -0.120. The third-order valence-electron chi connectivity index (χ3n) is 2.18. The Morgan fingerprint density at radius 3 is 2.85 bits per heavy atom. The van der Waals surface area contributed by atoms with Crippen molar-refractivity contribution in [2.75, 3.05) is 0 Å². The van der Waals surface area contributed by atoms with E-state index >= 15 is 0 Å². The highest BCUT2D eigenvalue weighted by Gasteiger charge is 2.13. The second kappa shape index (κ2) is 4.97. The van der Waals surface area contributed by atoms with E-state index in [0.29, 0.717) is 0 Å². The van der Waals surface area contributed by atoms with Crippen LogP contribution in [-0.2, 0) is 4.79 Å². The number of rotatable bonds is 4. The van der Waals surface area contributed by atoms with Gasteiger partial charge in [-0.25, -0.2) is 0 Å². The van der Waals surface area contributed by atoms with Crippen molar-refractivity contribution in [3.05, 3.63) is 23.8 Å². The number of hydrogen-bond donors (Lipinski definition) is 1. The van der Waals surface area contributed by atoms with Crippen LogP contribution in [0.4, 0.5) is 0 Å². The molecule has 1 atom stereocenters. The molecule has 0 bridgehead atoms. The molecule has 0 aromatic rings. The van der Waals surface area contributed by atoms with Crippen LogP contribution in [-0.4, -0.2) is 17.0 Å². The Bertz CT molecular complexity index is 238. The molecule has 2 heteroatoms. The molecule has 1 rings (SSSR count). The molecule has 0 amide bonds. The van der Waals surface area contributed by atoms with Crippen LogP contribution in [0.15, 0.2) is 23.8 Å². The van der Waals surface area contributed by atoms with Gasteiger partial charge in [0.1, 0.15) is 6.10 Å². The Labute approximate surface area is 79.0 Å². The summed E-state index contributed by atoms with van der Waals surface area (Å²) >= 11 is 0. The van der Waals surface area contributed by atoms with Crippen LogP contribution in [0.2, 0.25) is 0 Å². The van der Waals surface area contributed by atoms with Crippen LogP contribution in [0.25, 0.3) is 0 Å². The van der Waals surface area contributed by atoms with Gasteiger partial charge in [-0.15, -0.1) is 0 Å². The van der Waals surface area contributed by atoms with E-state index in [1.807, 2.05) is 6.08 Å². The second-order valence-electron chi connectivity index (χ2n) is 3.38. The first-order valence-corrected chi connectivity index (χ1v) is 4.84. The highest BCUT2D eigenvalue weighted by atomic mass is 16.3. The smallest absolute Gasteiger partial charge is 0.188 e. The largest absolute Gasteiger partial charge is 0.381 e. The van der Waals surface area contributed by atoms with E-state index in [0.717, 1.165) is 18.4 Å². The Morgan fingerprint density at radius 2 is 2.23 bits per heavy atom. The monoisotopic (exact) mass is 180 g/mol. The Hall–Kier alpha value is -0.890. The van der Waals surface area contributed by atoms with Crippen LogP contribution in [0.3, 0.4) is 0 Å². The highest BCUT2D eigenvalue weighted by molar-refractivity contribution is 5.96. The zero-order chi connectivity index (χ0) is 9.68. The van der Waals surface area contributed by atoms with Gasteiger partial charge in [0.05, 0.1) is 0 Å². The van der Waals surface area contributed by atoms with Crippen LogP contribution in [0, 0.1) is 0 Å². The minimum absolute atomic E-state index is 0.186. The van der Waals surface area contributed by atoms with Gasteiger partial charge in [-0.2, -0.15) is 0 Å². The SMILES string of the molecule is CCCCCC1=CC(=O)C(O)C=C1. The molecule has 1 aliphatic carbocycles. The first-order valence-electron chi connectivity index (χ1n) is 4.84. The van der Waals surface area contributed by atoms with Crippen molar-refractivity contribution >= 4 is 5.78 Å². The molecule has 2 nitrogen and oxygen atoms in total. The van der Waals surface area contributed by atoms with Crippen molar-refractivity contribution in [3.8, 4) is 0 Å². The minimum atomic E-state index is -0.907. The van der Waals surface area contributed by atoms with E-state index in [-0.39, 0.29) is 5.78 Å². The molecule has 1 unspecified atom stereocenters. The van der Waals surface area contributed by atoms with Crippen molar-refractivity contribution in [1.82, 2.24) is 0 Å². The highest BCUT2D eigenvalue weighted by Crippen LogP contribution is 2.14. The molecule has 0 saturated carbocycles. The summed E-state index contributed by atoms with van der Waals surface area (Å²) in [6, 6.07) is 0. The first-order chi connectivity index (χ1) is 6.24. The Morgan fingerprint density at radius 1 is 1.46 bits per heavy atom. The number of ketones is 1. The van der Waals surface area contributed by atoms with Gasteiger partial charge in [0, 0.05) is 0 Å². The predicted octanol–water partition coefficient (Wildman–Crippen LogP) is 1.99. The fourth-order valence-electron chi connectivity index (χ4n) is 1.36. The predicted molar refractivity (Wildman–Crippen MR) is 52.4 cm³/mol. The minimum Gasteiger partial charge on any atom is -0.381 e. The van der Waals surface area contributed by atoms with Gasteiger partial charge in [0.25, 0.3) is 0 Å². The Kier molecular flexibility index (Phi) is 3.90. The average molecular weight is 180 g/mol. The summed E-state index contributed by atoms with van der Waals surface area (Å²) < 4.78 is 0. The molecule has 13 heavy (non-hydrogen) atoms. The van der Waals surface area contributed by atoms with Gasteiger partial charge in [-0.05, 0) is 30.6 Å². The number of hydrogen-bond acceptors (Lipinski definition) is 2. The van der Waals surface area contributed by atoms with E-state index in [2.05, 4.69) is 6.92 Å². The van der Waals surface area contributed by atoms with E-state index in [9.17, 15) is 4.79 Å². The van der Waals surface area contributed by atoms with E-state index in [4.69, 9.17) is 5.11 Å². The number of aliphatic hydroxyl groups is 1. The van der Waals surface area contributed by atoms with Gasteiger partial charge in [0.15, 0.2) is 5.78 Å². The molecular weight excluding hydrogens is 164 g/mol. The van der Waals surface area contributed by atoms with Crippen molar-refractivity contribution in [1.29, 1.82) is 0 Å². The summed E-state index contributed by atoms with van der Waals surface area (Å²) in [5.74, 6) is -0.186. The third kappa shape index (κ3) is 3.15. The van der Waals surface area contributed by atoms with E-state index in [1.165, 1.54) is 12.8 Å². The van der Waals surface area contributed by atoms with Crippen LogP contribution in [0.5, 0.6) is 0 Å². The molecule has 1 N–H and O–H groups in total. The lowest BCUT2D eigenvalue weighted by Crippen LogP contribution is -2.18. The summed E-state index contributed by atoms with van der Waals surface area (Å²) in [6.07, 6.45) is 8.51. The van der Waals surface area contributed by atoms with Gasteiger partial charge >= 0.3 is 0 Å². The van der Waals surface area contributed by atoms with Crippen molar-refractivity contribution < 1.29 is 9.90 Å². The maximum Gasteiger partial charge on any atom is 0.188 e. The van der Waals surface area contributed by atoms with Gasteiger partial charge in [-0.3, -0.25) is 4.79 Å². The number of unbranched alkanes of at least 4 members (excludes halogenated alkanes) is 2. The van der Waals surface area contributed by atoms with Crippen molar-refractivity contribution in [3.63, 3.8) is 0 Å². The Balaban J connectivity index is 2.39. The summed E-state index contributed by atoms with van der Waals surface area (Å²) in [5, 5.41) is 9.09. The summed E-state index contributed by atoms with van der Waals surface area (Å²) in [4.78, 5) is 11.1. The molecule has 0 aromatic heterocycles. The lowest BCUT2D eigenvalue weighted by Gasteiger charge is -2.09. The van der Waals surface area contributed by atoms with Gasteiger partial charge < -0.3 is 5.11 Å². The zero-order valence-corrected chi connectivity index (χ0v) is 7.99. The van der Waals surface area contributed by atoms with Crippen molar-refractivity contribution in [2.45, 2.75) is 38.7 Å². The molecule has 0 fully saturated rings. The normalized spacial score (nSPS) is 21.8. The quantitative estimate of drug-likeness (QED) is 0.672. The lowest BCUT2D eigenvalue weighted by atomic mass is 9.99. The zero-order valence-electron chi connectivity index (χ0n) is 7.99. The number of carbonyl (C=O) groups is 1. The van der Waals surface area contributed by atoms with Crippen LogP contribution in [0.1, 0.15) is 32.6 Å². The topological polar surface area (TPSA) is 37.3 Å². The summed E-state index contributed by atoms with van der Waals surface area (Å²) in [5.41, 5.74) is 1.05. The first kappa shape index (κ1) is 10.2. The fraction of sp³-hybridized carbons (Fsp3) is 0.545. The molecule has 0 aliphatic heterocycles. The van der Waals surface area contributed by atoms with Gasteiger partial charge in [-0.1, -0.05) is 25.8 Å². The summed E-state index contributed by atoms with van der Waals surface area (Å²) in [6.45, 7) is 2.15. The number of allylic oxidation sites excluding steroid dienone is 2. The fourth-order valence-corrected chi connectivity index (χ4v) is 1.36. The molecule has 0 radical (unpaired) electrons. The molecule has 0 spiro atoms. The standard InChI is InChI=1S/C11H16O2/c1-2-3-4-5-9-6-7-10(12)11(13)8-9/h6-8,10,12H,2-5H2,1H3. The summed E-state index contributed by atoms with van der Waals surface area (Å²) in [7, 11) is 0. The van der Waals surface area contributed by atoms with E-state index < -0.39 is 6.10 Å².